The van der Waals surface area contributed by atoms with Crippen molar-refractivity contribution in [1.29, 1.82) is 0 Å². The molecule has 0 saturated carbocycles. The van der Waals surface area contributed by atoms with Crippen LogP contribution in [0.15, 0.2) is 18.6 Å². The number of rotatable bonds is 5. The molecule has 0 spiro atoms. The van der Waals surface area contributed by atoms with Crippen LogP contribution in [-0.4, -0.2) is 19.9 Å². The Hall–Kier alpha value is -1.82. The van der Waals surface area contributed by atoms with Gasteiger partial charge in [-0.05, 0) is 19.8 Å². The minimum atomic E-state index is 0.00661. The monoisotopic (exact) mass is 248 g/mol. The van der Waals surface area contributed by atoms with Crippen molar-refractivity contribution in [3.05, 3.63) is 18.6 Å². The van der Waals surface area contributed by atoms with Crippen molar-refractivity contribution in [3.63, 3.8) is 0 Å². The average molecular weight is 248 g/mol. The van der Waals surface area contributed by atoms with E-state index >= 15 is 0 Å². The Kier molecular flexibility index (Phi) is 3.38. The third-order valence-electron chi connectivity index (χ3n) is 3.50. The topological polar surface area (TPSA) is 80.3 Å². The zero-order valence-electron chi connectivity index (χ0n) is 11.1. The summed E-state index contributed by atoms with van der Waals surface area (Å²) in [6.45, 7) is 6.49. The van der Waals surface area contributed by atoms with E-state index in [2.05, 4.69) is 41.5 Å². The summed E-state index contributed by atoms with van der Waals surface area (Å²) in [4.78, 5) is 8.76. The number of hydrogen-bond donors (Lipinski definition) is 3. The number of hydrogen-bond acceptors (Lipinski definition) is 5. The third-order valence-corrected chi connectivity index (χ3v) is 3.50. The molecule has 0 unspecified atom stereocenters. The molecule has 0 aliphatic rings. The second-order valence-corrected chi connectivity index (χ2v) is 4.67. The van der Waals surface area contributed by atoms with Gasteiger partial charge in [0.1, 0.15) is 0 Å². The number of nitrogens with two attached hydrogens (primary N) is 1. The number of nitrogen functional groups attached to an aromatic ring is 1. The molecule has 2 aromatic heterocycles. The van der Waals surface area contributed by atoms with Gasteiger partial charge in [0.15, 0.2) is 17.3 Å². The summed E-state index contributed by atoms with van der Waals surface area (Å²) in [5.74, 6) is 6.79. The Morgan fingerprint density at radius 3 is 2.72 bits per heavy atom. The SMILES string of the molecule is CCC(C)(CC)Nc1nc(NN)cn2ccnc12. The normalized spacial score (nSPS) is 11.8. The smallest absolute Gasteiger partial charge is 0.180 e. The van der Waals surface area contributed by atoms with Gasteiger partial charge in [0, 0.05) is 17.9 Å². The quantitative estimate of drug-likeness (QED) is 0.557. The predicted molar refractivity (Wildman–Crippen MR) is 73.4 cm³/mol. The molecular weight excluding hydrogens is 228 g/mol. The molecule has 0 saturated heterocycles. The van der Waals surface area contributed by atoms with E-state index in [1.54, 1.807) is 6.20 Å². The fraction of sp³-hybridized carbons (Fsp3) is 0.500. The van der Waals surface area contributed by atoms with Crippen molar-refractivity contribution < 1.29 is 0 Å². The third kappa shape index (κ3) is 2.24. The van der Waals surface area contributed by atoms with Gasteiger partial charge in [0.25, 0.3) is 0 Å². The highest BCUT2D eigenvalue weighted by molar-refractivity contribution is 5.66. The minimum absolute atomic E-state index is 0.00661. The summed E-state index contributed by atoms with van der Waals surface area (Å²) in [6, 6.07) is 0. The Balaban J connectivity index is 2.45. The van der Waals surface area contributed by atoms with Crippen LogP contribution in [0.4, 0.5) is 11.6 Å². The number of imidazole rings is 1. The lowest BCUT2D eigenvalue weighted by Crippen LogP contribution is -2.33. The van der Waals surface area contributed by atoms with Crippen LogP contribution in [0.1, 0.15) is 33.6 Å². The number of anilines is 2. The summed E-state index contributed by atoms with van der Waals surface area (Å²) in [6.07, 6.45) is 7.45. The number of fused-ring (bicyclic) bond motifs is 1. The van der Waals surface area contributed by atoms with Crippen LogP contribution in [0.3, 0.4) is 0 Å². The molecule has 0 radical (unpaired) electrons. The molecule has 98 valence electrons. The van der Waals surface area contributed by atoms with E-state index in [1.807, 2.05) is 16.8 Å². The maximum atomic E-state index is 5.43. The predicted octanol–water partition coefficient (Wildman–Crippen LogP) is 2.01. The van der Waals surface area contributed by atoms with Crippen molar-refractivity contribution in [3.8, 4) is 0 Å². The zero-order valence-corrected chi connectivity index (χ0v) is 11.1. The molecule has 0 aromatic carbocycles. The van der Waals surface area contributed by atoms with E-state index in [1.165, 1.54) is 0 Å². The van der Waals surface area contributed by atoms with Crippen LogP contribution in [0.2, 0.25) is 0 Å². The van der Waals surface area contributed by atoms with Gasteiger partial charge in [-0.25, -0.2) is 15.8 Å². The highest BCUT2D eigenvalue weighted by Crippen LogP contribution is 2.24. The van der Waals surface area contributed by atoms with Crippen LogP contribution in [0.5, 0.6) is 0 Å². The number of nitrogens with zero attached hydrogens (tertiary/aromatic N) is 3. The fourth-order valence-electron chi connectivity index (χ4n) is 1.80. The van der Waals surface area contributed by atoms with Crippen molar-refractivity contribution in [2.45, 2.75) is 39.2 Å². The highest BCUT2D eigenvalue weighted by atomic mass is 15.3. The summed E-state index contributed by atoms with van der Waals surface area (Å²) < 4.78 is 1.90. The van der Waals surface area contributed by atoms with Crippen LogP contribution in [0, 0.1) is 0 Å². The summed E-state index contributed by atoms with van der Waals surface area (Å²) in [7, 11) is 0. The van der Waals surface area contributed by atoms with Gasteiger partial charge in [-0.2, -0.15) is 0 Å². The molecule has 0 bridgehead atoms. The first kappa shape index (κ1) is 12.6. The Morgan fingerprint density at radius 1 is 1.39 bits per heavy atom. The lowest BCUT2D eigenvalue weighted by molar-refractivity contribution is 0.477. The van der Waals surface area contributed by atoms with E-state index in [4.69, 9.17) is 5.84 Å². The molecule has 18 heavy (non-hydrogen) atoms. The highest BCUT2D eigenvalue weighted by Gasteiger charge is 2.21. The van der Waals surface area contributed by atoms with E-state index < -0.39 is 0 Å². The summed E-state index contributed by atoms with van der Waals surface area (Å²) in [5.41, 5.74) is 3.39. The molecule has 0 atom stereocenters. The second-order valence-electron chi connectivity index (χ2n) is 4.67. The Bertz CT molecular complexity index is 528. The molecule has 2 heterocycles. The molecule has 6 heteroatoms. The second kappa shape index (κ2) is 4.81. The van der Waals surface area contributed by atoms with Gasteiger partial charge >= 0.3 is 0 Å². The fourth-order valence-corrected chi connectivity index (χ4v) is 1.80. The van der Waals surface area contributed by atoms with Crippen LogP contribution < -0.4 is 16.6 Å². The van der Waals surface area contributed by atoms with Gasteiger partial charge in [0.2, 0.25) is 0 Å². The summed E-state index contributed by atoms with van der Waals surface area (Å²) >= 11 is 0. The average Bonchev–Trinajstić information content (AvgIpc) is 2.86. The lowest BCUT2D eigenvalue weighted by atomic mass is 9.96. The first-order valence-corrected chi connectivity index (χ1v) is 6.20. The first-order chi connectivity index (χ1) is 8.61. The van der Waals surface area contributed by atoms with Gasteiger partial charge in [-0.3, -0.25) is 0 Å². The Morgan fingerprint density at radius 2 is 2.11 bits per heavy atom. The maximum Gasteiger partial charge on any atom is 0.180 e. The van der Waals surface area contributed by atoms with Crippen LogP contribution in [0.25, 0.3) is 5.65 Å². The maximum absolute atomic E-state index is 5.43. The zero-order chi connectivity index (χ0) is 13.2. The minimum Gasteiger partial charge on any atom is -0.362 e. The molecule has 2 rings (SSSR count). The standard InChI is InChI=1S/C12H20N6/c1-4-12(3,5-2)16-10-11-14-6-7-18(11)8-9(15-10)17-13/h6-8,17H,4-5,13H2,1-3H3,(H,15,16). The van der Waals surface area contributed by atoms with Crippen molar-refractivity contribution >= 4 is 17.3 Å². The largest absolute Gasteiger partial charge is 0.362 e. The molecule has 0 fully saturated rings. The van der Waals surface area contributed by atoms with Gasteiger partial charge in [-0.15, -0.1) is 0 Å². The van der Waals surface area contributed by atoms with Crippen molar-refractivity contribution in [2.75, 3.05) is 10.7 Å². The molecular formula is C12H20N6. The molecule has 0 aliphatic carbocycles. The molecule has 2 aromatic rings. The number of aromatic nitrogens is 3. The van der Waals surface area contributed by atoms with E-state index in [0.29, 0.717) is 5.82 Å². The molecule has 6 nitrogen and oxygen atoms in total. The molecule has 4 N–H and O–H groups in total. The Labute approximate surface area is 107 Å². The van der Waals surface area contributed by atoms with Crippen LogP contribution in [-0.2, 0) is 0 Å². The van der Waals surface area contributed by atoms with Gasteiger partial charge in [-0.1, -0.05) is 13.8 Å². The number of nitrogens with one attached hydrogen (secondary N) is 2. The van der Waals surface area contributed by atoms with Crippen molar-refractivity contribution in [1.82, 2.24) is 14.4 Å². The van der Waals surface area contributed by atoms with Crippen molar-refractivity contribution in [2.24, 2.45) is 5.84 Å². The first-order valence-electron chi connectivity index (χ1n) is 6.20. The van der Waals surface area contributed by atoms with Gasteiger partial charge in [0.05, 0.1) is 6.20 Å². The summed E-state index contributed by atoms with van der Waals surface area (Å²) in [5, 5.41) is 3.47. The van der Waals surface area contributed by atoms with Gasteiger partial charge < -0.3 is 15.1 Å². The number of hydrazine groups is 1. The molecule has 0 amide bonds. The van der Waals surface area contributed by atoms with E-state index in [-0.39, 0.29) is 5.54 Å². The van der Waals surface area contributed by atoms with E-state index in [0.717, 1.165) is 24.3 Å². The van der Waals surface area contributed by atoms with E-state index in [9.17, 15) is 0 Å². The molecule has 0 aliphatic heterocycles. The lowest BCUT2D eigenvalue weighted by Gasteiger charge is -2.29. The van der Waals surface area contributed by atoms with Crippen LogP contribution >= 0.6 is 0 Å².